The van der Waals surface area contributed by atoms with Crippen molar-refractivity contribution in [3.8, 4) is 0 Å². The van der Waals surface area contributed by atoms with Crippen molar-refractivity contribution in [3.05, 3.63) is 0 Å². The second-order valence-electron chi connectivity index (χ2n) is 7.11. The molecule has 0 bridgehead atoms. The minimum atomic E-state index is -3.91. The van der Waals surface area contributed by atoms with Gasteiger partial charge in [0, 0.05) is 5.25 Å². The third kappa shape index (κ3) is 14.6. The van der Waals surface area contributed by atoms with Crippen molar-refractivity contribution in [3.63, 3.8) is 0 Å². The quantitative estimate of drug-likeness (QED) is 0.174. The number of thiol groups is 1. The minimum absolute atomic E-state index is 0.0694. The Morgan fingerprint density at radius 1 is 0.792 bits per heavy atom. The van der Waals surface area contributed by atoms with Gasteiger partial charge in [0.1, 0.15) is 0 Å². The van der Waals surface area contributed by atoms with E-state index >= 15 is 0 Å². The molecule has 0 rings (SSSR count). The average molecular weight is 381 g/mol. The van der Waals surface area contributed by atoms with Gasteiger partial charge in [-0.05, 0) is 19.3 Å². The Morgan fingerprint density at radius 3 is 1.58 bits per heavy atom. The molecule has 0 aliphatic heterocycles. The van der Waals surface area contributed by atoms with E-state index in [-0.39, 0.29) is 5.25 Å². The van der Waals surface area contributed by atoms with Crippen LogP contribution < -0.4 is 0 Å². The molecule has 0 amide bonds. The van der Waals surface area contributed by atoms with Crippen LogP contribution in [-0.2, 0) is 10.1 Å². The molecule has 0 saturated carbocycles. The Balaban J connectivity index is 3.43. The zero-order chi connectivity index (χ0) is 18.3. The highest BCUT2D eigenvalue weighted by atomic mass is 32.2. The molecule has 0 heterocycles. The van der Waals surface area contributed by atoms with Gasteiger partial charge in [0.05, 0.1) is 5.25 Å². The maximum atomic E-state index is 11.2. The summed E-state index contributed by atoms with van der Waals surface area (Å²) in [5.74, 6) is 0. The van der Waals surface area contributed by atoms with Gasteiger partial charge in [-0.2, -0.15) is 21.0 Å². The van der Waals surface area contributed by atoms with E-state index in [1.807, 2.05) is 0 Å². The molecule has 0 aromatic heterocycles. The molecule has 0 fully saturated rings. The highest BCUT2D eigenvalue weighted by Gasteiger charge is 2.23. The maximum absolute atomic E-state index is 11.2. The monoisotopic (exact) mass is 380 g/mol. The molecule has 24 heavy (non-hydrogen) atoms. The fourth-order valence-electron chi connectivity index (χ4n) is 3.14. The summed E-state index contributed by atoms with van der Waals surface area (Å²) in [5, 5.41) is -0.586. The molecule has 0 aromatic rings. The van der Waals surface area contributed by atoms with Crippen LogP contribution in [0.3, 0.4) is 0 Å². The molecule has 0 saturated heterocycles. The summed E-state index contributed by atoms with van der Waals surface area (Å²) in [4.78, 5) is 0. The lowest BCUT2D eigenvalue weighted by Gasteiger charge is -2.16. The van der Waals surface area contributed by atoms with Crippen LogP contribution in [0.5, 0.6) is 0 Å². The van der Waals surface area contributed by atoms with Gasteiger partial charge < -0.3 is 0 Å². The third-order valence-electron chi connectivity index (χ3n) is 4.80. The van der Waals surface area contributed by atoms with Crippen LogP contribution in [0, 0.1) is 0 Å². The summed E-state index contributed by atoms with van der Waals surface area (Å²) in [5.41, 5.74) is 0. The van der Waals surface area contributed by atoms with Crippen LogP contribution in [0.4, 0.5) is 0 Å². The van der Waals surface area contributed by atoms with Crippen molar-refractivity contribution < 1.29 is 13.0 Å². The van der Waals surface area contributed by atoms with Gasteiger partial charge in [0.2, 0.25) is 0 Å². The average Bonchev–Trinajstić information content (AvgIpc) is 2.52. The topological polar surface area (TPSA) is 54.4 Å². The van der Waals surface area contributed by atoms with Crippen molar-refractivity contribution >= 4 is 22.7 Å². The molecule has 0 spiro atoms. The van der Waals surface area contributed by atoms with Crippen LogP contribution in [0.1, 0.15) is 110 Å². The Kier molecular flexibility index (Phi) is 15.7. The van der Waals surface area contributed by atoms with Crippen molar-refractivity contribution in [1.82, 2.24) is 0 Å². The lowest BCUT2D eigenvalue weighted by Crippen LogP contribution is -2.23. The van der Waals surface area contributed by atoms with E-state index < -0.39 is 15.4 Å². The molecule has 1 N–H and O–H groups in total. The van der Waals surface area contributed by atoms with Crippen LogP contribution in [0.2, 0.25) is 0 Å². The normalized spacial score (nSPS) is 14.7. The first kappa shape index (κ1) is 24.3. The van der Waals surface area contributed by atoms with E-state index in [4.69, 9.17) is 4.55 Å². The lowest BCUT2D eigenvalue weighted by atomic mass is 10.0. The fraction of sp³-hybridized carbons (Fsp3) is 1.00. The highest BCUT2D eigenvalue weighted by Crippen LogP contribution is 2.20. The zero-order valence-electron chi connectivity index (χ0n) is 15.9. The lowest BCUT2D eigenvalue weighted by molar-refractivity contribution is 0.454. The number of hydrogen-bond acceptors (Lipinski definition) is 3. The van der Waals surface area contributed by atoms with Crippen molar-refractivity contribution in [2.24, 2.45) is 0 Å². The summed E-state index contributed by atoms with van der Waals surface area (Å²) in [6.45, 7) is 4.05. The smallest absolute Gasteiger partial charge is 0.267 e. The molecular formula is C19H40O3S2. The van der Waals surface area contributed by atoms with Crippen LogP contribution in [-0.4, -0.2) is 23.5 Å². The van der Waals surface area contributed by atoms with E-state index in [0.29, 0.717) is 12.8 Å². The highest BCUT2D eigenvalue weighted by molar-refractivity contribution is 7.86. The van der Waals surface area contributed by atoms with Crippen molar-refractivity contribution in [1.29, 1.82) is 0 Å². The zero-order valence-corrected chi connectivity index (χ0v) is 17.6. The van der Waals surface area contributed by atoms with Crippen LogP contribution in [0.15, 0.2) is 0 Å². The largest absolute Gasteiger partial charge is 0.285 e. The first-order chi connectivity index (χ1) is 11.4. The summed E-state index contributed by atoms with van der Waals surface area (Å²) >= 11 is 4.49. The fourth-order valence-corrected chi connectivity index (χ4v) is 4.62. The predicted molar refractivity (Wildman–Crippen MR) is 109 cm³/mol. The number of hydrogen-bond donors (Lipinski definition) is 2. The molecule has 0 aliphatic carbocycles. The minimum Gasteiger partial charge on any atom is -0.285 e. The Labute approximate surface area is 156 Å². The molecule has 2 atom stereocenters. The van der Waals surface area contributed by atoms with Crippen LogP contribution in [0.25, 0.3) is 0 Å². The van der Waals surface area contributed by atoms with Gasteiger partial charge in [0.15, 0.2) is 0 Å². The second kappa shape index (κ2) is 15.5. The van der Waals surface area contributed by atoms with E-state index in [1.54, 1.807) is 6.92 Å². The van der Waals surface area contributed by atoms with Gasteiger partial charge in [-0.15, -0.1) is 0 Å². The maximum Gasteiger partial charge on any atom is 0.267 e. The second-order valence-corrected chi connectivity index (χ2v) is 9.54. The van der Waals surface area contributed by atoms with E-state index in [1.165, 1.54) is 70.6 Å². The predicted octanol–water partition coefficient (Wildman–Crippen LogP) is 6.43. The standard InChI is InChI=1S/C19H40O3S2/c1-3-5-6-7-8-9-10-11-12-13-14-15-16-18(23)17-19(4-2)24(20,21)22/h18-19,23H,3-17H2,1-2H3,(H,20,21,22). The van der Waals surface area contributed by atoms with E-state index in [2.05, 4.69) is 19.6 Å². The molecule has 2 unspecified atom stereocenters. The SMILES string of the molecule is CCCCCCCCCCCCCCC(S)CC(CC)S(=O)(=O)O. The number of unbranched alkanes of at least 4 members (excludes halogenated alkanes) is 11. The van der Waals surface area contributed by atoms with Crippen LogP contribution >= 0.6 is 12.6 Å². The molecule has 0 aromatic carbocycles. The van der Waals surface area contributed by atoms with Crippen molar-refractivity contribution in [2.45, 2.75) is 121 Å². The van der Waals surface area contributed by atoms with Gasteiger partial charge in [-0.3, -0.25) is 4.55 Å². The van der Waals surface area contributed by atoms with Gasteiger partial charge in [0.25, 0.3) is 10.1 Å². The molecule has 146 valence electrons. The Bertz CT molecular complexity index is 369. The van der Waals surface area contributed by atoms with Gasteiger partial charge >= 0.3 is 0 Å². The van der Waals surface area contributed by atoms with Gasteiger partial charge in [-0.1, -0.05) is 90.9 Å². The van der Waals surface area contributed by atoms with Crippen molar-refractivity contribution in [2.75, 3.05) is 0 Å². The molecular weight excluding hydrogens is 340 g/mol. The summed E-state index contributed by atoms with van der Waals surface area (Å²) in [6.07, 6.45) is 17.7. The molecule has 0 aliphatic rings. The molecule has 0 radical (unpaired) electrons. The third-order valence-corrected chi connectivity index (χ3v) is 6.64. The Hall–Kier alpha value is 0.260. The Morgan fingerprint density at radius 2 is 1.21 bits per heavy atom. The molecule has 3 nitrogen and oxygen atoms in total. The first-order valence-electron chi connectivity index (χ1n) is 10.1. The first-order valence-corrected chi connectivity index (χ1v) is 12.1. The summed E-state index contributed by atoms with van der Waals surface area (Å²) in [6, 6.07) is 0. The molecule has 5 heteroatoms. The summed E-state index contributed by atoms with van der Waals surface area (Å²) < 4.78 is 31.5. The van der Waals surface area contributed by atoms with Gasteiger partial charge in [-0.25, -0.2) is 0 Å². The van der Waals surface area contributed by atoms with E-state index in [0.717, 1.165) is 12.8 Å². The number of rotatable bonds is 17. The van der Waals surface area contributed by atoms with E-state index in [9.17, 15) is 8.42 Å². The summed E-state index contributed by atoms with van der Waals surface area (Å²) in [7, 11) is -3.91.